The second-order valence-electron chi connectivity index (χ2n) is 7.38. The van der Waals surface area contributed by atoms with E-state index in [1.165, 1.54) is 12.5 Å². The van der Waals surface area contributed by atoms with Crippen molar-refractivity contribution < 1.29 is 14.0 Å². The summed E-state index contributed by atoms with van der Waals surface area (Å²) in [7, 11) is 0. The zero-order valence-corrected chi connectivity index (χ0v) is 17.4. The van der Waals surface area contributed by atoms with Gasteiger partial charge in [0.1, 0.15) is 24.3 Å². The van der Waals surface area contributed by atoms with E-state index in [-0.39, 0.29) is 17.4 Å². The minimum absolute atomic E-state index is 0.0381. The monoisotopic (exact) mass is 427 g/mol. The number of aromatic amines is 1. The molecule has 1 aliphatic heterocycles. The Labute approximate surface area is 179 Å². The molecule has 2 aromatic heterocycles. The maximum Gasteiger partial charge on any atom is 0.233 e. The van der Waals surface area contributed by atoms with Crippen LogP contribution in [0.15, 0.2) is 29.7 Å². The molecular formula is C21H26FN7O2. The number of aromatic nitrogens is 3. The van der Waals surface area contributed by atoms with Crippen LogP contribution in [0.3, 0.4) is 0 Å². The normalized spacial score (nSPS) is 15.0. The Balaban J connectivity index is 1.40. The van der Waals surface area contributed by atoms with Crippen LogP contribution >= 0.6 is 0 Å². The van der Waals surface area contributed by atoms with Crippen molar-refractivity contribution in [2.75, 3.05) is 45.1 Å². The number of hydrogen-bond acceptors (Lipinski definition) is 8. The number of aryl methyl sites for hydroxylation is 1. The summed E-state index contributed by atoms with van der Waals surface area (Å²) >= 11 is 0. The van der Waals surface area contributed by atoms with Gasteiger partial charge in [0.15, 0.2) is 11.6 Å². The highest BCUT2D eigenvalue weighted by Gasteiger charge is 2.15. The smallest absolute Gasteiger partial charge is 0.233 e. The summed E-state index contributed by atoms with van der Waals surface area (Å²) < 4.78 is 20.6. The molecule has 1 saturated heterocycles. The van der Waals surface area contributed by atoms with Gasteiger partial charge in [-0.25, -0.2) is 14.4 Å². The van der Waals surface area contributed by atoms with Crippen LogP contribution in [0.1, 0.15) is 17.7 Å². The third-order valence-electron chi connectivity index (χ3n) is 5.10. The Morgan fingerprint density at radius 2 is 2.13 bits per heavy atom. The molecule has 31 heavy (non-hydrogen) atoms. The molecule has 0 radical (unpaired) electrons. The van der Waals surface area contributed by atoms with Gasteiger partial charge in [-0.05, 0) is 31.5 Å². The summed E-state index contributed by atoms with van der Waals surface area (Å²) in [6.45, 7) is 7.44. The molecule has 164 valence electrons. The Hall–Kier alpha value is -3.24. The quantitative estimate of drug-likeness (QED) is 0.287. The lowest BCUT2D eigenvalue weighted by atomic mass is 10.2. The van der Waals surface area contributed by atoms with Crippen LogP contribution < -0.4 is 15.8 Å². The lowest BCUT2D eigenvalue weighted by molar-refractivity contribution is 0.127. The molecular weight excluding hydrogens is 401 g/mol. The van der Waals surface area contributed by atoms with Gasteiger partial charge in [0.05, 0.1) is 6.21 Å². The molecule has 0 bridgehead atoms. The number of H-pyrrole nitrogens is 1. The van der Waals surface area contributed by atoms with Crippen LogP contribution in [-0.2, 0) is 4.84 Å². The molecule has 10 heteroatoms. The van der Waals surface area contributed by atoms with E-state index >= 15 is 0 Å². The number of halogens is 1. The minimum atomic E-state index is -0.480. The molecule has 0 saturated carbocycles. The molecule has 1 aromatic carbocycles. The lowest BCUT2D eigenvalue weighted by Gasteiger charge is -2.26. The van der Waals surface area contributed by atoms with Crippen LogP contribution in [-0.4, -0.2) is 65.4 Å². The zero-order valence-electron chi connectivity index (χ0n) is 17.4. The van der Waals surface area contributed by atoms with Crippen LogP contribution in [0.4, 0.5) is 10.2 Å². The number of piperazine rings is 1. The maximum atomic E-state index is 14.9. The maximum absolute atomic E-state index is 14.9. The minimum Gasteiger partial charge on any atom is -0.435 e. The summed E-state index contributed by atoms with van der Waals surface area (Å²) in [5, 5.41) is 7.74. The number of anilines is 1. The van der Waals surface area contributed by atoms with Gasteiger partial charge in [-0.15, -0.1) is 0 Å². The number of nitrogens with zero attached hydrogens (tertiary/aromatic N) is 4. The van der Waals surface area contributed by atoms with Crippen molar-refractivity contribution in [2.24, 2.45) is 5.16 Å². The van der Waals surface area contributed by atoms with Gasteiger partial charge >= 0.3 is 0 Å². The predicted molar refractivity (Wildman–Crippen MR) is 117 cm³/mol. The Morgan fingerprint density at radius 1 is 1.29 bits per heavy atom. The summed E-state index contributed by atoms with van der Waals surface area (Å²) in [4.78, 5) is 18.9. The number of nitrogens with two attached hydrogens (primary N) is 1. The summed E-state index contributed by atoms with van der Waals surface area (Å²) in [6, 6.07) is 5.02. The number of oxime groups is 1. The first-order chi connectivity index (χ1) is 15.1. The topological polar surface area (TPSA) is 114 Å². The molecule has 0 spiro atoms. The van der Waals surface area contributed by atoms with E-state index in [9.17, 15) is 4.39 Å². The van der Waals surface area contributed by atoms with Gasteiger partial charge < -0.3 is 30.5 Å². The van der Waals surface area contributed by atoms with E-state index in [0.717, 1.165) is 44.8 Å². The molecule has 3 aromatic rings. The standard InChI is InChI=1S/C21H26FN7O2/c1-14-11-15-17(28-14)3-4-18(19(15)22)31-21-16(20(23)25-13-26-21)12-27-30-10-2-7-29-8-5-24-6-9-29/h3-4,11-13,24,28H,2,5-10H2,1H3,(H2,23,25,26)/b27-12+. The molecule has 3 heterocycles. The number of nitrogen functional groups attached to an aromatic ring is 1. The fraction of sp³-hybridized carbons (Fsp3) is 0.381. The van der Waals surface area contributed by atoms with E-state index in [4.69, 9.17) is 15.3 Å². The summed E-state index contributed by atoms with van der Waals surface area (Å²) in [6.07, 6.45) is 3.52. The van der Waals surface area contributed by atoms with Crippen molar-refractivity contribution in [2.45, 2.75) is 13.3 Å². The van der Waals surface area contributed by atoms with Crippen LogP contribution in [0.2, 0.25) is 0 Å². The molecule has 4 rings (SSSR count). The average Bonchev–Trinajstić information content (AvgIpc) is 3.16. The molecule has 0 unspecified atom stereocenters. The number of rotatable bonds is 8. The van der Waals surface area contributed by atoms with Crippen molar-refractivity contribution in [3.05, 3.63) is 41.6 Å². The lowest BCUT2D eigenvalue weighted by Crippen LogP contribution is -2.43. The molecule has 1 aliphatic rings. The largest absolute Gasteiger partial charge is 0.435 e. The van der Waals surface area contributed by atoms with Crippen molar-refractivity contribution in [1.82, 2.24) is 25.2 Å². The highest BCUT2D eigenvalue weighted by molar-refractivity contribution is 5.88. The van der Waals surface area contributed by atoms with Gasteiger partial charge in [0, 0.05) is 49.3 Å². The molecule has 4 N–H and O–H groups in total. The summed E-state index contributed by atoms with van der Waals surface area (Å²) in [5.41, 5.74) is 7.84. The molecule has 0 amide bonds. The fourth-order valence-corrected chi connectivity index (χ4v) is 3.50. The highest BCUT2D eigenvalue weighted by Crippen LogP contribution is 2.31. The SMILES string of the molecule is Cc1cc2c(F)c(Oc3ncnc(N)c3/C=N/OCCCN3CCNCC3)ccc2[nH]1. The van der Waals surface area contributed by atoms with Crippen molar-refractivity contribution in [3.8, 4) is 11.6 Å². The Bertz CT molecular complexity index is 1060. The number of ether oxygens (including phenoxy) is 1. The molecule has 9 nitrogen and oxygen atoms in total. The third-order valence-corrected chi connectivity index (χ3v) is 5.10. The number of nitrogens with one attached hydrogen (secondary N) is 2. The zero-order chi connectivity index (χ0) is 21.6. The van der Waals surface area contributed by atoms with Crippen LogP contribution in [0, 0.1) is 12.7 Å². The first kappa shape index (κ1) is 21.0. The van der Waals surface area contributed by atoms with E-state index in [1.54, 1.807) is 18.2 Å². The van der Waals surface area contributed by atoms with Crippen molar-refractivity contribution in [1.29, 1.82) is 0 Å². The number of fused-ring (bicyclic) bond motifs is 1. The van der Waals surface area contributed by atoms with E-state index in [1.807, 2.05) is 6.92 Å². The summed E-state index contributed by atoms with van der Waals surface area (Å²) in [5.74, 6) is -0.175. The van der Waals surface area contributed by atoms with Gasteiger partial charge in [-0.3, -0.25) is 0 Å². The number of hydrogen-bond donors (Lipinski definition) is 3. The molecule has 0 aliphatic carbocycles. The van der Waals surface area contributed by atoms with Crippen molar-refractivity contribution in [3.63, 3.8) is 0 Å². The first-order valence-electron chi connectivity index (χ1n) is 10.3. The van der Waals surface area contributed by atoms with Crippen LogP contribution in [0.5, 0.6) is 11.6 Å². The van der Waals surface area contributed by atoms with E-state index in [2.05, 4.69) is 30.3 Å². The van der Waals surface area contributed by atoms with Crippen molar-refractivity contribution >= 4 is 22.9 Å². The van der Waals surface area contributed by atoms with Gasteiger partial charge in [-0.2, -0.15) is 0 Å². The van der Waals surface area contributed by atoms with Crippen LogP contribution in [0.25, 0.3) is 10.9 Å². The van der Waals surface area contributed by atoms with Gasteiger partial charge in [0.25, 0.3) is 0 Å². The van der Waals surface area contributed by atoms with Gasteiger partial charge in [-0.1, -0.05) is 5.16 Å². The van der Waals surface area contributed by atoms with E-state index < -0.39 is 5.82 Å². The second-order valence-corrected chi connectivity index (χ2v) is 7.38. The Morgan fingerprint density at radius 3 is 2.97 bits per heavy atom. The third kappa shape index (κ3) is 5.09. The second kappa shape index (κ2) is 9.71. The first-order valence-corrected chi connectivity index (χ1v) is 10.3. The molecule has 0 atom stereocenters. The van der Waals surface area contributed by atoms with Gasteiger partial charge in [0.2, 0.25) is 5.88 Å². The molecule has 1 fully saturated rings. The van der Waals surface area contributed by atoms with E-state index in [0.29, 0.717) is 23.1 Å². The Kier molecular flexibility index (Phi) is 6.58. The number of benzene rings is 1. The highest BCUT2D eigenvalue weighted by atomic mass is 19.1. The average molecular weight is 427 g/mol. The fourth-order valence-electron chi connectivity index (χ4n) is 3.50. The predicted octanol–water partition coefficient (Wildman–Crippen LogP) is 2.43.